The minimum atomic E-state index is -0.795. The van der Waals surface area contributed by atoms with Crippen LogP contribution in [-0.4, -0.2) is 105 Å². The number of likely N-dealkylation sites (tertiary alicyclic amines) is 1. The van der Waals surface area contributed by atoms with Gasteiger partial charge in [-0.05, 0) is 66.0 Å². The van der Waals surface area contributed by atoms with Gasteiger partial charge in [0.2, 0.25) is 17.7 Å². The highest BCUT2D eigenvalue weighted by Crippen LogP contribution is 2.44. The van der Waals surface area contributed by atoms with Gasteiger partial charge < -0.3 is 24.4 Å². The van der Waals surface area contributed by atoms with Gasteiger partial charge in [0.25, 0.3) is 0 Å². The zero-order valence-electron chi connectivity index (χ0n) is 35.6. The Bertz CT molecular complexity index is 1790. The van der Waals surface area contributed by atoms with Crippen LogP contribution in [0, 0.1) is 17.8 Å². The summed E-state index contributed by atoms with van der Waals surface area (Å²) in [4.78, 5) is 58.6. The molecule has 4 amide bonds. The van der Waals surface area contributed by atoms with Crippen molar-refractivity contribution in [3.8, 4) is 11.1 Å². The van der Waals surface area contributed by atoms with Crippen LogP contribution < -0.4 is 10.6 Å². The van der Waals surface area contributed by atoms with Crippen molar-refractivity contribution in [1.29, 1.82) is 0 Å². The maximum atomic E-state index is 14.3. The smallest absolute Gasteiger partial charge is 0.413 e. The Morgan fingerprint density at radius 2 is 1.47 bits per heavy atom. The number of imide groups is 1. The number of hydrogen-bond donors (Lipinski definition) is 2. The van der Waals surface area contributed by atoms with Crippen LogP contribution in [0.1, 0.15) is 82.9 Å². The molecular formula is C47H64N4O7. The molecule has 2 aliphatic rings. The third-order valence-corrected chi connectivity index (χ3v) is 12.4. The minimum absolute atomic E-state index is 0.0342. The van der Waals surface area contributed by atoms with E-state index in [4.69, 9.17) is 14.2 Å². The number of benzene rings is 3. The number of methoxy groups -OCH3 is 2. The minimum Gasteiger partial charge on any atom is -0.448 e. The van der Waals surface area contributed by atoms with Crippen LogP contribution >= 0.6 is 0 Å². The summed E-state index contributed by atoms with van der Waals surface area (Å²) in [7, 11) is 5.07. The second-order valence-corrected chi connectivity index (χ2v) is 16.3. The average Bonchev–Trinajstić information content (AvgIpc) is 3.83. The monoisotopic (exact) mass is 796 g/mol. The first-order valence-corrected chi connectivity index (χ1v) is 21.0. The van der Waals surface area contributed by atoms with Crippen molar-refractivity contribution in [2.24, 2.45) is 17.8 Å². The summed E-state index contributed by atoms with van der Waals surface area (Å²) in [6, 6.07) is 24.9. The molecule has 0 spiro atoms. The molecule has 1 fully saturated rings. The largest absolute Gasteiger partial charge is 0.448 e. The van der Waals surface area contributed by atoms with Crippen molar-refractivity contribution in [2.45, 2.75) is 103 Å². The molecule has 0 aromatic heterocycles. The molecule has 314 valence electrons. The SMILES string of the molecule is CC[C@H](C)[C@@H]([C@@H](CC(=O)N1CCC[C@H]1[C@H](OC)[C@@H](C)C(=O)NCCc1ccccc1)OC)N(C)[C@H](C(=O)NC(=O)OCC1c2ccccc2-c2ccccc21)C(C)C. The van der Waals surface area contributed by atoms with Crippen LogP contribution in [-0.2, 0) is 35.0 Å². The van der Waals surface area contributed by atoms with E-state index in [2.05, 4.69) is 48.7 Å². The molecule has 3 aromatic carbocycles. The van der Waals surface area contributed by atoms with Gasteiger partial charge in [-0.3, -0.25) is 24.6 Å². The molecular weight excluding hydrogens is 733 g/mol. The fourth-order valence-corrected chi connectivity index (χ4v) is 9.28. The molecule has 11 nitrogen and oxygen atoms in total. The normalized spacial score (nSPS) is 18.2. The number of amides is 4. The van der Waals surface area contributed by atoms with E-state index in [9.17, 15) is 19.2 Å². The van der Waals surface area contributed by atoms with Gasteiger partial charge in [-0.2, -0.15) is 0 Å². The maximum Gasteiger partial charge on any atom is 0.413 e. The van der Waals surface area contributed by atoms with Crippen molar-refractivity contribution >= 4 is 23.8 Å². The Labute approximate surface area is 345 Å². The maximum absolute atomic E-state index is 14.3. The Morgan fingerprint density at radius 1 is 0.845 bits per heavy atom. The third kappa shape index (κ3) is 10.3. The van der Waals surface area contributed by atoms with Gasteiger partial charge in [-0.15, -0.1) is 0 Å². The predicted octanol–water partition coefficient (Wildman–Crippen LogP) is 6.83. The Hall–Kier alpha value is -4.58. The van der Waals surface area contributed by atoms with Gasteiger partial charge in [0.1, 0.15) is 6.61 Å². The third-order valence-electron chi connectivity index (χ3n) is 12.4. The van der Waals surface area contributed by atoms with E-state index in [1.807, 2.05) is 92.2 Å². The zero-order chi connectivity index (χ0) is 41.9. The number of fused-ring (bicyclic) bond motifs is 3. The summed E-state index contributed by atoms with van der Waals surface area (Å²) in [5, 5.41) is 5.59. The van der Waals surface area contributed by atoms with E-state index in [0.717, 1.165) is 53.5 Å². The molecule has 2 N–H and O–H groups in total. The number of likely N-dealkylation sites (N-methyl/N-ethyl adjacent to an activating group) is 1. The van der Waals surface area contributed by atoms with E-state index in [0.29, 0.717) is 13.1 Å². The standard InChI is InChI=1S/C47H64N4O7/c1-9-31(4)43(40(56-7)28-41(52)51-27-17-24-39(51)44(57-8)32(5)45(53)48-26-25-33-18-11-10-12-19-33)50(6)42(30(2)3)46(54)49-47(55)58-29-38-36-22-15-13-20-34(36)35-21-14-16-23-37(35)38/h10-16,18-23,30-32,38-40,42-44H,9,17,24-29H2,1-8H3,(H,48,53)(H,49,54,55)/t31-,32+,39-,40+,42-,43-,44+/m0/s1. The number of nitrogens with one attached hydrogen (secondary N) is 2. The van der Waals surface area contributed by atoms with E-state index in [1.165, 1.54) is 0 Å². The Balaban J connectivity index is 1.22. The lowest BCUT2D eigenvalue weighted by Crippen LogP contribution is -2.58. The predicted molar refractivity (Wildman–Crippen MR) is 226 cm³/mol. The number of nitrogens with zero attached hydrogens (tertiary/aromatic N) is 2. The van der Waals surface area contributed by atoms with Crippen molar-refractivity contribution in [1.82, 2.24) is 20.4 Å². The summed E-state index contributed by atoms with van der Waals surface area (Å²) >= 11 is 0. The van der Waals surface area contributed by atoms with Crippen LogP contribution in [0.5, 0.6) is 0 Å². The van der Waals surface area contributed by atoms with Crippen molar-refractivity contribution in [3.63, 3.8) is 0 Å². The number of ether oxygens (including phenoxy) is 3. The highest BCUT2D eigenvalue weighted by Gasteiger charge is 2.43. The molecule has 1 aliphatic heterocycles. The fraction of sp³-hybridized carbons (Fsp3) is 0.532. The zero-order valence-corrected chi connectivity index (χ0v) is 35.6. The Kier molecular flexibility index (Phi) is 16.0. The van der Waals surface area contributed by atoms with Gasteiger partial charge in [0.15, 0.2) is 0 Å². The fourth-order valence-electron chi connectivity index (χ4n) is 9.28. The molecule has 0 radical (unpaired) electrons. The first-order chi connectivity index (χ1) is 27.9. The van der Waals surface area contributed by atoms with Gasteiger partial charge >= 0.3 is 6.09 Å². The van der Waals surface area contributed by atoms with Crippen molar-refractivity contribution < 1.29 is 33.4 Å². The summed E-state index contributed by atoms with van der Waals surface area (Å²) in [5.74, 6) is -1.42. The topological polar surface area (TPSA) is 127 Å². The first-order valence-electron chi connectivity index (χ1n) is 21.0. The molecule has 0 bridgehead atoms. The number of hydrogen-bond acceptors (Lipinski definition) is 8. The summed E-state index contributed by atoms with van der Waals surface area (Å²) in [6.45, 7) is 11.1. The van der Waals surface area contributed by atoms with E-state index in [1.54, 1.807) is 14.2 Å². The highest BCUT2D eigenvalue weighted by molar-refractivity contribution is 5.95. The van der Waals surface area contributed by atoms with E-state index in [-0.39, 0.29) is 54.7 Å². The molecule has 0 saturated carbocycles. The summed E-state index contributed by atoms with van der Waals surface area (Å²) in [6.07, 6.45) is 1.28. The molecule has 1 aliphatic carbocycles. The van der Waals surface area contributed by atoms with Crippen LogP contribution in [0.3, 0.4) is 0 Å². The number of carbonyl (C=O) groups excluding carboxylic acids is 4. The number of alkyl carbamates (subject to hydrolysis) is 1. The first kappa shape index (κ1) is 44.5. The average molecular weight is 797 g/mol. The van der Waals surface area contributed by atoms with Crippen LogP contribution in [0.4, 0.5) is 4.79 Å². The van der Waals surface area contributed by atoms with Gasteiger partial charge in [-0.25, -0.2) is 4.79 Å². The van der Waals surface area contributed by atoms with Gasteiger partial charge in [0, 0.05) is 39.3 Å². The second kappa shape index (κ2) is 20.9. The van der Waals surface area contributed by atoms with Gasteiger partial charge in [0.05, 0.1) is 36.6 Å². The molecule has 58 heavy (non-hydrogen) atoms. The lowest BCUT2D eigenvalue weighted by Gasteiger charge is -2.43. The van der Waals surface area contributed by atoms with Crippen LogP contribution in [0.25, 0.3) is 11.1 Å². The van der Waals surface area contributed by atoms with E-state index >= 15 is 0 Å². The Morgan fingerprint density at radius 3 is 2.05 bits per heavy atom. The quantitative estimate of drug-likeness (QED) is 0.135. The summed E-state index contributed by atoms with van der Waals surface area (Å²) in [5.41, 5.74) is 5.57. The van der Waals surface area contributed by atoms with Crippen molar-refractivity contribution in [2.75, 3.05) is 41.0 Å². The van der Waals surface area contributed by atoms with E-state index < -0.39 is 36.2 Å². The molecule has 1 heterocycles. The molecule has 7 atom stereocenters. The number of rotatable bonds is 19. The van der Waals surface area contributed by atoms with Crippen molar-refractivity contribution in [3.05, 3.63) is 95.6 Å². The van der Waals surface area contributed by atoms with Crippen LogP contribution in [0.2, 0.25) is 0 Å². The molecule has 3 aromatic rings. The second-order valence-electron chi connectivity index (χ2n) is 16.3. The highest BCUT2D eigenvalue weighted by atomic mass is 16.5. The summed E-state index contributed by atoms with van der Waals surface area (Å²) < 4.78 is 17.8. The lowest BCUT2D eigenvalue weighted by atomic mass is 9.88. The molecule has 5 rings (SSSR count). The molecule has 0 unspecified atom stereocenters. The molecule has 11 heteroatoms. The van der Waals surface area contributed by atoms with Gasteiger partial charge in [-0.1, -0.05) is 120 Å². The number of carbonyl (C=O) groups is 4. The molecule has 1 saturated heterocycles. The lowest BCUT2D eigenvalue weighted by molar-refractivity contribution is -0.143. The van der Waals surface area contributed by atoms with Crippen LogP contribution in [0.15, 0.2) is 78.9 Å².